The minimum Gasteiger partial charge on any atom is -0.490 e. The summed E-state index contributed by atoms with van der Waals surface area (Å²) in [6.45, 7) is 0.309. The second-order valence-corrected chi connectivity index (χ2v) is 5.45. The molecule has 0 aliphatic rings. The van der Waals surface area contributed by atoms with Crippen LogP contribution < -0.4 is 9.47 Å². The van der Waals surface area contributed by atoms with E-state index >= 15 is 0 Å². The molecule has 7 heteroatoms. The number of nitrogens with zero attached hydrogens (tertiary/aromatic N) is 1. The molecule has 140 valence electrons. The van der Waals surface area contributed by atoms with E-state index in [1.807, 2.05) is 18.2 Å². The summed E-state index contributed by atoms with van der Waals surface area (Å²) in [5.41, 5.74) is -0.822. The van der Waals surface area contributed by atoms with E-state index in [1.54, 1.807) is 12.1 Å². The average molecular weight is 367 g/mol. The van der Waals surface area contributed by atoms with Gasteiger partial charge in [0.25, 0.3) is 0 Å². The van der Waals surface area contributed by atoms with Crippen molar-refractivity contribution in [1.29, 1.82) is 0 Å². The van der Waals surface area contributed by atoms with Crippen molar-refractivity contribution in [3.8, 4) is 11.5 Å². The molecule has 0 aliphatic heterocycles. The summed E-state index contributed by atoms with van der Waals surface area (Å²) in [7, 11) is 2.90. The maximum atomic E-state index is 13.2. The quantitative estimate of drug-likeness (QED) is 0.656. The molecular weight excluding hydrogens is 347 g/mol. The van der Waals surface area contributed by atoms with Crippen molar-refractivity contribution in [2.45, 2.75) is 12.3 Å². The normalized spacial score (nSPS) is 13.0. The van der Waals surface area contributed by atoms with Crippen LogP contribution in [-0.2, 0) is 10.9 Å². The molecule has 2 aromatic carbocycles. The lowest BCUT2D eigenvalue weighted by atomic mass is 10.1. The van der Waals surface area contributed by atoms with Gasteiger partial charge in [-0.1, -0.05) is 18.2 Å². The fourth-order valence-corrected chi connectivity index (χ4v) is 2.31. The van der Waals surface area contributed by atoms with Crippen LogP contribution in [0, 0.1) is 0 Å². The number of hydrogen-bond donors (Lipinski definition) is 0. The van der Waals surface area contributed by atoms with E-state index in [4.69, 9.17) is 14.2 Å². The maximum absolute atomic E-state index is 13.2. The van der Waals surface area contributed by atoms with Crippen LogP contribution in [0.5, 0.6) is 11.5 Å². The summed E-state index contributed by atoms with van der Waals surface area (Å²) >= 11 is 0. The minimum atomic E-state index is -4.51. The van der Waals surface area contributed by atoms with Crippen molar-refractivity contribution in [3.63, 3.8) is 0 Å². The lowest BCUT2D eigenvalue weighted by molar-refractivity contribution is -0.137. The van der Waals surface area contributed by atoms with Crippen molar-refractivity contribution in [2.75, 3.05) is 27.4 Å². The van der Waals surface area contributed by atoms with Crippen LogP contribution in [0.2, 0.25) is 0 Å². The first-order valence-corrected chi connectivity index (χ1v) is 7.91. The maximum Gasteiger partial charge on any atom is 0.417 e. The molecular formula is C19H20F3NO3. The molecule has 0 radical (unpaired) electrons. The Labute approximate surface area is 150 Å². The Morgan fingerprint density at radius 2 is 1.77 bits per heavy atom. The second-order valence-electron chi connectivity index (χ2n) is 5.45. The van der Waals surface area contributed by atoms with Gasteiger partial charge in [-0.3, -0.25) is 4.99 Å². The number of methoxy groups -OCH3 is 1. The summed E-state index contributed by atoms with van der Waals surface area (Å²) in [5, 5.41) is 0. The first kappa shape index (κ1) is 19.8. The summed E-state index contributed by atoms with van der Waals surface area (Å²) in [6, 6.07) is 12.8. The van der Waals surface area contributed by atoms with Crippen LogP contribution in [-0.4, -0.2) is 39.7 Å². The molecule has 0 bridgehead atoms. The standard InChI is InChI=1S/C19H20F3NO3/c1-23-11-14-8-9-16(10-18(14)19(20,21)22)26-17(12-24-2)13-25-15-6-4-3-5-7-15/h3-11,17H,12-13H2,1-2H3. The molecule has 0 saturated carbocycles. The Kier molecular flexibility index (Phi) is 7.03. The van der Waals surface area contributed by atoms with Gasteiger partial charge in [-0.25, -0.2) is 0 Å². The number of halogens is 3. The van der Waals surface area contributed by atoms with Gasteiger partial charge in [-0.05, 0) is 30.3 Å². The minimum absolute atomic E-state index is 0.0174. The van der Waals surface area contributed by atoms with Crippen LogP contribution in [0.25, 0.3) is 0 Å². The SMILES string of the molecule is CN=Cc1ccc(OC(COC)COc2ccccc2)cc1C(F)(F)F. The van der Waals surface area contributed by atoms with Gasteiger partial charge in [-0.15, -0.1) is 0 Å². The Balaban J connectivity index is 2.14. The van der Waals surface area contributed by atoms with Crippen molar-refractivity contribution in [2.24, 2.45) is 4.99 Å². The largest absolute Gasteiger partial charge is 0.490 e. The zero-order chi connectivity index (χ0) is 19.0. The van der Waals surface area contributed by atoms with Crippen molar-refractivity contribution in [3.05, 3.63) is 59.7 Å². The van der Waals surface area contributed by atoms with E-state index in [2.05, 4.69) is 4.99 Å². The molecule has 0 amide bonds. The van der Waals surface area contributed by atoms with Crippen LogP contribution in [0.4, 0.5) is 13.2 Å². The highest BCUT2D eigenvalue weighted by atomic mass is 19.4. The molecule has 2 aromatic rings. The summed E-state index contributed by atoms with van der Waals surface area (Å²) < 4.78 is 56.1. The Morgan fingerprint density at radius 1 is 1.04 bits per heavy atom. The molecule has 0 saturated heterocycles. The fourth-order valence-electron chi connectivity index (χ4n) is 2.31. The van der Waals surface area contributed by atoms with Crippen LogP contribution >= 0.6 is 0 Å². The lowest BCUT2D eigenvalue weighted by Crippen LogP contribution is -2.29. The number of ether oxygens (including phenoxy) is 3. The van der Waals surface area contributed by atoms with Gasteiger partial charge in [0, 0.05) is 25.9 Å². The molecule has 26 heavy (non-hydrogen) atoms. The van der Waals surface area contributed by atoms with Gasteiger partial charge in [0.2, 0.25) is 0 Å². The number of para-hydroxylation sites is 1. The first-order chi connectivity index (χ1) is 12.4. The third kappa shape index (κ3) is 5.77. The third-order valence-corrected chi connectivity index (χ3v) is 3.43. The van der Waals surface area contributed by atoms with Gasteiger partial charge >= 0.3 is 6.18 Å². The molecule has 0 N–H and O–H groups in total. The number of hydrogen-bond acceptors (Lipinski definition) is 4. The summed E-state index contributed by atoms with van der Waals surface area (Å²) in [6.07, 6.45) is -3.91. The fraction of sp³-hybridized carbons (Fsp3) is 0.316. The smallest absolute Gasteiger partial charge is 0.417 e. The lowest BCUT2D eigenvalue weighted by Gasteiger charge is -2.20. The van der Waals surface area contributed by atoms with Crippen LogP contribution in [0.1, 0.15) is 11.1 Å². The first-order valence-electron chi connectivity index (χ1n) is 7.91. The third-order valence-electron chi connectivity index (χ3n) is 3.43. The highest BCUT2D eigenvalue weighted by Crippen LogP contribution is 2.34. The number of aliphatic imine (C=N–C) groups is 1. The van der Waals surface area contributed by atoms with Crippen molar-refractivity contribution < 1.29 is 27.4 Å². The van der Waals surface area contributed by atoms with Gasteiger partial charge in [-0.2, -0.15) is 13.2 Å². The Bertz CT molecular complexity index is 718. The predicted molar refractivity (Wildman–Crippen MR) is 93.2 cm³/mol. The van der Waals surface area contributed by atoms with E-state index in [-0.39, 0.29) is 24.5 Å². The van der Waals surface area contributed by atoms with E-state index in [0.717, 1.165) is 12.3 Å². The predicted octanol–water partition coefficient (Wildman–Crippen LogP) is 4.23. The molecule has 4 nitrogen and oxygen atoms in total. The average Bonchev–Trinajstić information content (AvgIpc) is 2.61. The molecule has 0 aliphatic carbocycles. The van der Waals surface area contributed by atoms with E-state index in [1.165, 1.54) is 26.3 Å². The number of rotatable bonds is 8. The monoisotopic (exact) mass is 367 g/mol. The molecule has 2 rings (SSSR count). The van der Waals surface area contributed by atoms with Crippen LogP contribution in [0.3, 0.4) is 0 Å². The topological polar surface area (TPSA) is 40.0 Å². The number of alkyl halides is 3. The zero-order valence-corrected chi connectivity index (χ0v) is 14.5. The molecule has 1 unspecified atom stereocenters. The van der Waals surface area contributed by atoms with E-state index < -0.39 is 17.8 Å². The highest BCUT2D eigenvalue weighted by molar-refractivity contribution is 5.82. The van der Waals surface area contributed by atoms with Gasteiger partial charge in [0.15, 0.2) is 6.10 Å². The Hall–Kier alpha value is -2.54. The highest BCUT2D eigenvalue weighted by Gasteiger charge is 2.33. The second kappa shape index (κ2) is 9.24. The summed E-state index contributed by atoms with van der Waals surface area (Å²) in [4.78, 5) is 3.66. The molecule has 0 fully saturated rings. The molecule has 0 spiro atoms. The van der Waals surface area contributed by atoms with Crippen molar-refractivity contribution >= 4 is 6.21 Å². The molecule has 1 atom stereocenters. The van der Waals surface area contributed by atoms with Gasteiger partial charge in [0.1, 0.15) is 18.1 Å². The van der Waals surface area contributed by atoms with Crippen LogP contribution in [0.15, 0.2) is 53.5 Å². The van der Waals surface area contributed by atoms with E-state index in [0.29, 0.717) is 5.75 Å². The number of benzene rings is 2. The van der Waals surface area contributed by atoms with Gasteiger partial charge < -0.3 is 14.2 Å². The Morgan fingerprint density at radius 3 is 2.38 bits per heavy atom. The van der Waals surface area contributed by atoms with Crippen molar-refractivity contribution in [1.82, 2.24) is 0 Å². The molecule has 0 heterocycles. The summed E-state index contributed by atoms with van der Waals surface area (Å²) in [5.74, 6) is 0.729. The van der Waals surface area contributed by atoms with E-state index in [9.17, 15) is 13.2 Å². The zero-order valence-electron chi connectivity index (χ0n) is 14.5. The molecule has 0 aromatic heterocycles. The van der Waals surface area contributed by atoms with Gasteiger partial charge in [0.05, 0.1) is 12.2 Å².